The second-order valence-corrected chi connectivity index (χ2v) is 6.85. The van der Waals surface area contributed by atoms with Crippen molar-refractivity contribution < 1.29 is 14.4 Å². The SMILES string of the molecule is CN(CC(=O)Nc1ccccc1)C(=O)C1CCN(c2ccc(Cl)cc2)C1=O. The zero-order chi connectivity index (χ0) is 19.4. The molecule has 2 aromatic rings. The van der Waals surface area contributed by atoms with Gasteiger partial charge in [0.15, 0.2) is 0 Å². The van der Waals surface area contributed by atoms with E-state index in [0.29, 0.717) is 29.4 Å². The number of hydrogen-bond donors (Lipinski definition) is 1. The molecule has 0 bridgehead atoms. The number of nitrogens with one attached hydrogen (secondary N) is 1. The maximum Gasteiger partial charge on any atom is 0.243 e. The van der Waals surface area contributed by atoms with Gasteiger partial charge < -0.3 is 15.1 Å². The number of likely N-dealkylation sites (N-methyl/N-ethyl adjacent to an activating group) is 1. The molecule has 0 saturated carbocycles. The monoisotopic (exact) mass is 385 g/mol. The van der Waals surface area contributed by atoms with Crippen molar-refractivity contribution in [3.63, 3.8) is 0 Å². The van der Waals surface area contributed by atoms with E-state index in [1.54, 1.807) is 41.3 Å². The molecule has 0 aromatic heterocycles. The van der Waals surface area contributed by atoms with E-state index in [-0.39, 0.29) is 24.3 Å². The zero-order valence-electron chi connectivity index (χ0n) is 14.9. The van der Waals surface area contributed by atoms with Crippen LogP contribution in [0.3, 0.4) is 0 Å². The molecule has 3 amide bonds. The molecule has 27 heavy (non-hydrogen) atoms. The third-order valence-electron chi connectivity index (χ3n) is 4.46. The summed E-state index contributed by atoms with van der Waals surface area (Å²) in [5.41, 5.74) is 1.37. The van der Waals surface area contributed by atoms with Gasteiger partial charge in [0.1, 0.15) is 5.92 Å². The highest BCUT2D eigenvalue weighted by atomic mass is 35.5. The lowest BCUT2D eigenvalue weighted by molar-refractivity contribution is -0.140. The topological polar surface area (TPSA) is 69.7 Å². The Bertz CT molecular complexity index is 839. The summed E-state index contributed by atoms with van der Waals surface area (Å²) in [4.78, 5) is 40.3. The zero-order valence-corrected chi connectivity index (χ0v) is 15.6. The Morgan fingerprint density at radius 2 is 1.81 bits per heavy atom. The maximum atomic E-state index is 12.7. The minimum Gasteiger partial charge on any atom is -0.336 e. The fraction of sp³-hybridized carbons (Fsp3) is 0.250. The molecular weight excluding hydrogens is 366 g/mol. The number of halogens is 1. The van der Waals surface area contributed by atoms with E-state index in [1.165, 1.54) is 11.9 Å². The quantitative estimate of drug-likeness (QED) is 0.804. The first-order valence-corrected chi connectivity index (χ1v) is 9.00. The number of amides is 3. The molecule has 3 rings (SSSR count). The Hall–Kier alpha value is -2.86. The van der Waals surface area contributed by atoms with Crippen LogP contribution in [-0.4, -0.2) is 42.8 Å². The Morgan fingerprint density at radius 3 is 2.48 bits per heavy atom. The third-order valence-corrected chi connectivity index (χ3v) is 4.71. The Labute approximate surface area is 162 Å². The molecule has 2 aromatic carbocycles. The first-order valence-electron chi connectivity index (χ1n) is 8.62. The lowest BCUT2D eigenvalue weighted by Gasteiger charge is -2.21. The Morgan fingerprint density at radius 1 is 1.15 bits per heavy atom. The van der Waals surface area contributed by atoms with Crippen molar-refractivity contribution >= 4 is 40.7 Å². The van der Waals surface area contributed by atoms with Crippen LogP contribution in [0.4, 0.5) is 11.4 Å². The second kappa shape index (κ2) is 8.22. The molecule has 1 heterocycles. The van der Waals surface area contributed by atoms with Crippen LogP contribution in [0.2, 0.25) is 5.02 Å². The summed E-state index contributed by atoms with van der Waals surface area (Å²) in [6, 6.07) is 15.9. The van der Waals surface area contributed by atoms with Crippen molar-refractivity contribution in [3.05, 3.63) is 59.6 Å². The van der Waals surface area contributed by atoms with Gasteiger partial charge in [-0.15, -0.1) is 0 Å². The normalized spacial score (nSPS) is 16.3. The number of para-hydroxylation sites is 1. The van der Waals surface area contributed by atoms with Gasteiger partial charge in [-0.1, -0.05) is 29.8 Å². The van der Waals surface area contributed by atoms with Crippen molar-refractivity contribution in [2.75, 3.05) is 30.4 Å². The van der Waals surface area contributed by atoms with Crippen molar-refractivity contribution in [2.24, 2.45) is 5.92 Å². The van der Waals surface area contributed by atoms with Gasteiger partial charge in [-0.2, -0.15) is 0 Å². The summed E-state index contributed by atoms with van der Waals surface area (Å²) >= 11 is 5.88. The van der Waals surface area contributed by atoms with Crippen molar-refractivity contribution in [1.29, 1.82) is 0 Å². The lowest BCUT2D eigenvalue weighted by Crippen LogP contribution is -2.41. The van der Waals surface area contributed by atoms with Gasteiger partial charge in [-0.05, 0) is 42.8 Å². The largest absolute Gasteiger partial charge is 0.336 e. The molecule has 7 heteroatoms. The number of carbonyl (C=O) groups is 3. The van der Waals surface area contributed by atoms with Crippen LogP contribution in [0.5, 0.6) is 0 Å². The van der Waals surface area contributed by atoms with Crippen LogP contribution in [0.1, 0.15) is 6.42 Å². The number of hydrogen-bond acceptors (Lipinski definition) is 3. The highest BCUT2D eigenvalue weighted by Crippen LogP contribution is 2.27. The number of rotatable bonds is 5. The van der Waals surface area contributed by atoms with E-state index in [2.05, 4.69) is 5.32 Å². The van der Waals surface area contributed by atoms with Crippen molar-refractivity contribution in [3.8, 4) is 0 Å². The molecule has 1 saturated heterocycles. The molecule has 1 N–H and O–H groups in total. The maximum absolute atomic E-state index is 12.7. The smallest absolute Gasteiger partial charge is 0.243 e. The van der Waals surface area contributed by atoms with E-state index >= 15 is 0 Å². The second-order valence-electron chi connectivity index (χ2n) is 6.42. The highest BCUT2D eigenvalue weighted by Gasteiger charge is 2.39. The summed E-state index contributed by atoms with van der Waals surface area (Å²) in [7, 11) is 1.53. The fourth-order valence-corrected chi connectivity index (χ4v) is 3.19. The first-order chi connectivity index (χ1) is 13.0. The average Bonchev–Trinajstić information content (AvgIpc) is 3.04. The van der Waals surface area contributed by atoms with E-state index < -0.39 is 5.92 Å². The first kappa shape index (κ1) is 18.9. The van der Waals surface area contributed by atoms with Crippen LogP contribution >= 0.6 is 11.6 Å². The van der Waals surface area contributed by atoms with E-state index in [0.717, 1.165) is 0 Å². The fourth-order valence-electron chi connectivity index (χ4n) is 3.07. The van der Waals surface area contributed by atoms with E-state index in [4.69, 9.17) is 11.6 Å². The highest BCUT2D eigenvalue weighted by molar-refractivity contribution is 6.30. The van der Waals surface area contributed by atoms with E-state index in [9.17, 15) is 14.4 Å². The molecule has 1 aliphatic rings. The molecule has 1 fully saturated rings. The minimum atomic E-state index is -0.768. The van der Waals surface area contributed by atoms with Gasteiger partial charge in [0.25, 0.3) is 0 Å². The molecule has 1 aliphatic heterocycles. The van der Waals surface area contributed by atoms with Crippen molar-refractivity contribution in [1.82, 2.24) is 4.90 Å². The molecule has 0 radical (unpaired) electrons. The van der Waals surface area contributed by atoms with Gasteiger partial charge in [0, 0.05) is 30.0 Å². The van der Waals surface area contributed by atoms with Crippen molar-refractivity contribution in [2.45, 2.75) is 6.42 Å². The summed E-state index contributed by atoms with van der Waals surface area (Å²) in [6.07, 6.45) is 0.422. The molecule has 140 valence electrons. The van der Waals surface area contributed by atoms with Crippen LogP contribution in [-0.2, 0) is 14.4 Å². The molecule has 0 aliphatic carbocycles. The summed E-state index contributed by atoms with van der Waals surface area (Å²) in [6.45, 7) is 0.347. The molecule has 0 spiro atoms. The van der Waals surface area contributed by atoms with Crippen LogP contribution in [0, 0.1) is 5.92 Å². The number of benzene rings is 2. The van der Waals surface area contributed by atoms with Gasteiger partial charge in [0.2, 0.25) is 17.7 Å². The molecule has 1 atom stereocenters. The van der Waals surface area contributed by atoms with Crippen LogP contribution in [0.15, 0.2) is 54.6 Å². The number of nitrogens with zero attached hydrogens (tertiary/aromatic N) is 2. The van der Waals surface area contributed by atoms with Gasteiger partial charge >= 0.3 is 0 Å². The summed E-state index contributed by atoms with van der Waals surface area (Å²) < 4.78 is 0. The molecular formula is C20H20ClN3O3. The van der Waals surface area contributed by atoms with Gasteiger partial charge in [-0.25, -0.2) is 0 Å². The lowest BCUT2D eigenvalue weighted by atomic mass is 10.1. The van der Waals surface area contributed by atoms with Gasteiger partial charge in [-0.3, -0.25) is 14.4 Å². The predicted octanol–water partition coefficient (Wildman–Crippen LogP) is 2.79. The Kier molecular flexibility index (Phi) is 5.76. The number of anilines is 2. The summed E-state index contributed by atoms with van der Waals surface area (Å²) in [5.74, 6) is -1.68. The van der Waals surface area contributed by atoms with Crippen LogP contribution in [0.25, 0.3) is 0 Å². The van der Waals surface area contributed by atoms with Crippen LogP contribution < -0.4 is 10.2 Å². The molecule has 6 nitrogen and oxygen atoms in total. The number of carbonyl (C=O) groups excluding carboxylic acids is 3. The standard InChI is InChI=1S/C20H20ClN3O3/c1-23(13-18(25)22-15-5-3-2-4-6-15)19(26)17-11-12-24(20(17)27)16-9-7-14(21)8-10-16/h2-10,17H,11-13H2,1H3,(H,22,25). The van der Waals surface area contributed by atoms with Gasteiger partial charge in [0.05, 0.1) is 6.54 Å². The molecule has 1 unspecified atom stereocenters. The Balaban J connectivity index is 1.59. The predicted molar refractivity (Wildman–Crippen MR) is 105 cm³/mol. The minimum absolute atomic E-state index is 0.113. The average molecular weight is 386 g/mol. The van der Waals surface area contributed by atoms with E-state index in [1.807, 2.05) is 18.2 Å². The third kappa shape index (κ3) is 4.46. The summed E-state index contributed by atoms with van der Waals surface area (Å²) in [5, 5.41) is 3.31.